The van der Waals surface area contributed by atoms with E-state index in [1.54, 1.807) is 0 Å². The molecule has 25 heavy (non-hydrogen) atoms. The highest BCUT2D eigenvalue weighted by Crippen LogP contribution is 2.29. The molecular weight excluding hydrogens is 308 g/mol. The van der Waals surface area contributed by atoms with Crippen molar-refractivity contribution in [3.8, 4) is 0 Å². The summed E-state index contributed by atoms with van der Waals surface area (Å²) in [7, 11) is 0. The molecule has 1 saturated heterocycles. The molecule has 0 unspecified atom stereocenters. The van der Waals surface area contributed by atoms with Crippen LogP contribution in [0.1, 0.15) is 37.7 Å². The number of rotatable bonds is 5. The largest absolute Gasteiger partial charge is 0.396 e. The zero-order chi connectivity index (χ0) is 17.1. The summed E-state index contributed by atoms with van der Waals surface area (Å²) < 4.78 is 0. The molecule has 3 nitrogen and oxygen atoms in total. The van der Waals surface area contributed by atoms with Crippen molar-refractivity contribution in [3.63, 3.8) is 0 Å². The molecule has 1 saturated carbocycles. The van der Waals surface area contributed by atoms with E-state index in [0.29, 0.717) is 12.6 Å². The first-order valence-corrected chi connectivity index (χ1v) is 9.91. The van der Waals surface area contributed by atoms with Crippen LogP contribution in [0.4, 0.5) is 0 Å². The molecule has 0 bridgehead atoms. The zero-order valence-corrected chi connectivity index (χ0v) is 15.1. The first-order chi connectivity index (χ1) is 12.3. The van der Waals surface area contributed by atoms with Crippen LogP contribution in [0.5, 0.6) is 0 Å². The molecule has 2 fully saturated rings. The van der Waals surface area contributed by atoms with Gasteiger partial charge in [0.05, 0.1) is 0 Å². The molecule has 1 N–H and O–H groups in total. The lowest BCUT2D eigenvalue weighted by Gasteiger charge is -2.44. The minimum absolute atomic E-state index is 0.302. The van der Waals surface area contributed by atoms with E-state index in [-0.39, 0.29) is 0 Å². The van der Waals surface area contributed by atoms with Crippen LogP contribution in [0, 0.1) is 0 Å². The smallest absolute Gasteiger partial charge is 0.0446 e. The van der Waals surface area contributed by atoms with Gasteiger partial charge in [-0.25, -0.2) is 0 Å². The summed E-state index contributed by atoms with van der Waals surface area (Å²) in [4.78, 5) is 5.30. The summed E-state index contributed by atoms with van der Waals surface area (Å²) in [5.41, 5.74) is 1.43. The highest BCUT2D eigenvalue weighted by molar-refractivity contribution is 5.85. The van der Waals surface area contributed by atoms with Crippen LogP contribution in [0.2, 0.25) is 0 Å². The Balaban J connectivity index is 1.48. The van der Waals surface area contributed by atoms with Gasteiger partial charge in [-0.1, -0.05) is 55.3 Å². The van der Waals surface area contributed by atoms with Gasteiger partial charge < -0.3 is 5.11 Å². The van der Waals surface area contributed by atoms with Crippen LogP contribution < -0.4 is 0 Å². The fraction of sp³-hybridized carbons (Fsp3) is 0.545. The third-order valence-corrected chi connectivity index (χ3v) is 6.14. The first-order valence-electron chi connectivity index (χ1n) is 9.91. The Morgan fingerprint density at radius 1 is 0.960 bits per heavy atom. The Hall–Kier alpha value is -1.42. The summed E-state index contributed by atoms with van der Waals surface area (Å²) >= 11 is 0. The zero-order valence-electron chi connectivity index (χ0n) is 15.1. The lowest BCUT2D eigenvalue weighted by Crippen LogP contribution is -2.56. The van der Waals surface area contributed by atoms with E-state index in [2.05, 4.69) is 52.3 Å². The fourth-order valence-electron chi connectivity index (χ4n) is 4.87. The molecule has 1 aliphatic heterocycles. The van der Waals surface area contributed by atoms with E-state index in [9.17, 15) is 5.11 Å². The molecule has 3 heteroatoms. The Bertz CT molecular complexity index is 690. The second-order valence-electron chi connectivity index (χ2n) is 7.72. The van der Waals surface area contributed by atoms with Crippen LogP contribution in [-0.2, 0) is 6.54 Å². The third kappa shape index (κ3) is 3.74. The van der Waals surface area contributed by atoms with Crippen molar-refractivity contribution in [2.24, 2.45) is 0 Å². The van der Waals surface area contributed by atoms with E-state index in [4.69, 9.17) is 0 Å². The number of aliphatic hydroxyl groups is 1. The maximum Gasteiger partial charge on any atom is 0.0446 e. The molecule has 2 aromatic carbocycles. The van der Waals surface area contributed by atoms with Gasteiger partial charge in [-0.15, -0.1) is 0 Å². The number of aliphatic hydroxyl groups excluding tert-OH is 1. The highest BCUT2D eigenvalue weighted by atomic mass is 16.3. The van der Waals surface area contributed by atoms with Crippen molar-refractivity contribution in [1.29, 1.82) is 0 Å². The lowest BCUT2D eigenvalue weighted by atomic mass is 10.0. The molecule has 1 atom stereocenters. The monoisotopic (exact) mass is 338 g/mol. The minimum atomic E-state index is 0.302. The van der Waals surface area contributed by atoms with Crippen molar-refractivity contribution >= 4 is 10.8 Å². The molecule has 0 amide bonds. The third-order valence-electron chi connectivity index (χ3n) is 6.14. The van der Waals surface area contributed by atoms with Gasteiger partial charge in [-0.05, 0) is 35.6 Å². The average Bonchev–Trinajstić information content (AvgIpc) is 3.17. The molecule has 2 aromatic rings. The number of benzene rings is 2. The Labute approximate surface area is 151 Å². The van der Waals surface area contributed by atoms with Crippen LogP contribution >= 0.6 is 0 Å². The van der Waals surface area contributed by atoms with E-state index in [1.165, 1.54) is 42.0 Å². The molecule has 0 aromatic heterocycles. The van der Waals surface area contributed by atoms with Gasteiger partial charge in [0.25, 0.3) is 0 Å². The molecule has 4 rings (SSSR count). The summed E-state index contributed by atoms with van der Waals surface area (Å²) in [6.07, 6.45) is 6.37. The van der Waals surface area contributed by atoms with Crippen LogP contribution in [-0.4, -0.2) is 53.2 Å². The van der Waals surface area contributed by atoms with E-state index in [1.807, 2.05) is 0 Å². The molecule has 1 heterocycles. The van der Waals surface area contributed by atoms with Crippen molar-refractivity contribution in [1.82, 2.24) is 9.80 Å². The Kier molecular flexibility index (Phi) is 5.35. The Morgan fingerprint density at radius 2 is 1.76 bits per heavy atom. The molecular formula is C22H30N2O. The average molecular weight is 338 g/mol. The molecule has 2 aliphatic rings. The van der Waals surface area contributed by atoms with Crippen molar-refractivity contribution in [2.45, 2.75) is 50.7 Å². The van der Waals surface area contributed by atoms with Crippen molar-refractivity contribution < 1.29 is 5.11 Å². The second kappa shape index (κ2) is 7.86. The topological polar surface area (TPSA) is 26.7 Å². The number of fused-ring (bicyclic) bond motifs is 1. The summed E-state index contributed by atoms with van der Waals surface area (Å²) in [5.74, 6) is 0. The van der Waals surface area contributed by atoms with Crippen molar-refractivity contribution in [2.75, 3.05) is 26.2 Å². The SMILES string of the molecule is OCC[C@H]1CN(Cc2cccc3ccccc23)CCN1C1CCCC1. The molecule has 1 aliphatic carbocycles. The summed E-state index contributed by atoms with van der Waals surface area (Å²) in [6.45, 7) is 4.69. The van der Waals surface area contributed by atoms with Gasteiger partial charge in [0.1, 0.15) is 0 Å². The number of hydrogen-bond acceptors (Lipinski definition) is 3. The van der Waals surface area contributed by atoms with Gasteiger partial charge in [-0.3, -0.25) is 9.80 Å². The predicted octanol–water partition coefficient (Wildman–Crippen LogP) is 3.65. The van der Waals surface area contributed by atoms with E-state index < -0.39 is 0 Å². The molecule has 134 valence electrons. The lowest BCUT2D eigenvalue weighted by molar-refractivity contribution is 0.0269. The van der Waals surface area contributed by atoms with Crippen LogP contribution in [0.15, 0.2) is 42.5 Å². The maximum absolute atomic E-state index is 9.55. The van der Waals surface area contributed by atoms with E-state index >= 15 is 0 Å². The number of nitrogens with zero attached hydrogens (tertiary/aromatic N) is 2. The first kappa shape index (κ1) is 17.0. The summed E-state index contributed by atoms with van der Waals surface area (Å²) in [6, 6.07) is 16.6. The Morgan fingerprint density at radius 3 is 2.60 bits per heavy atom. The highest BCUT2D eigenvalue weighted by Gasteiger charge is 2.32. The van der Waals surface area contributed by atoms with E-state index in [0.717, 1.165) is 38.6 Å². The minimum Gasteiger partial charge on any atom is -0.396 e. The number of hydrogen-bond donors (Lipinski definition) is 1. The van der Waals surface area contributed by atoms with Gasteiger partial charge in [0, 0.05) is 44.9 Å². The maximum atomic E-state index is 9.55. The van der Waals surface area contributed by atoms with Gasteiger partial charge in [0.15, 0.2) is 0 Å². The molecule has 0 spiro atoms. The predicted molar refractivity (Wildman–Crippen MR) is 104 cm³/mol. The van der Waals surface area contributed by atoms with Crippen LogP contribution in [0.25, 0.3) is 10.8 Å². The molecule has 0 radical (unpaired) electrons. The standard InChI is InChI=1S/C22H30N2O/c25-15-12-21-17-23(13-14-24(21)20-9-2-3-10-20)16-19-8-5-7-18-6-1-4-11-22(18)19/h1,4-8,11,20-21,25H,2-3,9-10,12-17H2/t21-/m0/s1. The number of piperazine rings is 1. The quantitative estimate of drug-likeness (QED) is 0.901. The fourth-order valence-corrected chi connectivity index (χ4v) is 4.87. The van der Waals surface area contributed by atoms with Gasteiger partial charge in [0.2, 0.25) is 0 Å². The van der Waals surface area contributed by atoms with Crippen LogP contribution in [0.3, 0.4) is 0 Å². The summed E-state index contributed by atoms with van der Waals surface area (Å²) in [5, 5.41) is 12.3. The van der Waals surface area contributed by atoms with Gasteiger partial charge >= 0.3 is 0 Å². The van der Waals surface area contributed by atoms with Crippen molar-refractivity contribution in [3.05, 3.63) is 48.0 Å². The normalized spacial score (nSPS) is 23.5. The second-order valence-corrected chi connectivity index (χ2v) is 7.72. The van der Waals surface area contributed by atoms with Gasteiger partial charge in [-0.2, -0.15) is 0 Å².